The quantitative estimate of drug-likeness (QED) is 0.848. The number of ether oxygens (including phenoxy) is 1. The molecule has 1 heterocycles. The van der Waals surface area contributed by atoms with Crippen LogP contribution in [0.5, 0.6) is 5.75 Å². The van der Waals surface area contributed by atoms with E-state index in [2.05, 4.69) is 39.0 Å². The highest BCUT2D eigenvalue weighted by molar-refractivity contribution is 5.42. The number of hydrogen-bond donors (Lipinski definition) is 1. The molecule has 1 aromatic rings. The van der Waals surface area contributed by atoms with Gasteiger partial charge in [0.1, 0.15) is 5.75 Å². The minimum Gasteiger partial charge on any atom is -0.493 e. The first-order chi connectivity index (χ1) is 7.58. The van der Waals surface area contributed by atoms with Crippen LogP contribution in [-0.2, 0) is 12.0 Å². The Morgan fingerprint density at radius 1 is 1.44 bits per heavy atom. The Morgan fingerprint density at radius 3 is 2.81 bits per heavy atom. The van der Waals surface area contributed by atoms with Gasteiger partial charge in [-0.3, -0.25) is 0 Å². The Hall–Kier alpha value is -1.02. The Balaban J connectivity index is 2.40. The van der Waals surface area contributed by atoms with E-state index in [0.29, 0.717) is 5.92 Å². The Morgan fingerprint density at radius 2 is 2.19 bits per heavy atom. The van der Waals surface area contributed by atoms with Crippen molar-refractivity contribution in [2.75, 3.05) is 6.61 Å². The zero-order valence-electron chi connectivity index (χ0n) is 10.4. The third-order valence-corrected chi connectivity index (χ3v) is 3.84. The largest absolute Gasteiger partial charge is 0.493 e. The Kier molecular flexibility index (Phi) is 2.94. The molecular formula is C14H21NO. The summed E-state index contributed by atoms with van der Waals surface area (Å²) in [6, 6.07) is 6.41. The SMILES string of the molecule is CCC(N)(c1ccc2c(c1)CCO2)C(C)C. The van der Waals surface area contributed by atoms with E-state index in [1.165, 1.54) is 11.1 Å². The Bertz CT molecular complexity index is 386. The predicted octanol–water partition coefficient (Wildman–Crippen LogP) is 2.84. The molecule has 0 aliphatic carbocycles. The zero-order valence-corrected chi connectivity index (χ0v) is 10.4. The average molecular weight is 219 g/mol. The fraction of sp³-hybridized carbons (Fsp3) is 0.571. The van der Waals surface area contributed by atoms with Crippen LogP contribution in [-0.4, -0.2) is 6.61 Å². The highest BCUT2D eigenvalue weighted by Gasteiger charge is 2.30. The van der Waals surface area contributed by atoms with Crippen LogP contribution in [0.15, 0.2) is 18.2 Å². The summed E-state index contributed by atoms with van der Waals surface area (Å²) in [5, 5.41) is 0. The Labute approximate surface area is 97.8 Å². The summed E-state index contributed by atoms with van der Waals surface area (Å²) in [7, 11) is 0. The lowest BCUT2D eigenvalue weighted by Gasteiger charge is -2.33. The summed E-state index contributed by atoms with van der Waals surface area (Å²) in [4.78, 5) is 0. The van der Waals surface area contributed by atoms with Crippen LogP contribution in [0, 0.1) is 5.92 Å². The highest BCUT2D eigenvalue weighted by Crippen LogP contribution is 2.34. The molecule has 0 spiro atoms. The molecule has 2 rings (SSSR count). The molecule has 2 nitrogen and oxygen atoms in total. The molecule has 0 aromatic heterocycles. The van der Waals surface area contributed by atoms with E-state index in [-0.39, 0.29) is 5.54 Å². The van der Waals surface area contributed by atoms with Crippen molar-refractivity contribution in [3.8, 4) is 5.75 Å². The van der Waals surface area contributed by atoms with Crippen LogP contribution in [0.2, 0.25) is 0 Å². The van der Waals surface area contributed by atoms with Crippen LogP contribution in [0.25, 0.3) is 0 Å². The van der Waals surface area contributed by atoms with Gasteiger partial charge >= 0.3 is 0 Å². The lowest BCUT2D eigenvalue weighted by Crippen LogP contribution is -2.41. The van der Waals surface area contributed by atoms with Gasteiger partial charge in [-0.1, -0.05) is 32.9 Å². The molecule has 0 bridgehead atoms. The molecule has 2 heteroatoms. The van der Waals surface area contributed by atoms with Crippen molar-refractivity contribution in [1.29, 1.82) is 0 Å². The second-order valence-electron chi connectivity index (χ2n) is 4.97. The lowest BCUT2D eigenvalue weighted by molar-refractivity contribution is 0.305. The van der Waals surface area contributed by atoms with E-state index in [9.17, 15) is 0 Å². The predicted molar refractivity (Wildman–Crippen MR) is 66.6 cm³/mol. The molecule has 88 valence electrons. The van der Waals surface area contributed by atoms with Gasteiger partial charge in [0.15, 0.2) is 0 Å². The molecule has 16 heavy (non-hydrogen) atoms. The van der Waals surface area contributed by atoms with Crippen molar-refractivity contribution >= 4 is 0 Å². The van der Waals surface area contributed by atoms with Gasteiger partial charge < -0.3 is 10.5 Å². The first-order valence-electron chi connectivity index (χ1n) is 6.13. The van der Waals surface area contributed by atoms with Crippen LogP contribution < -0.4 is 10.5 Å². The van der Waals surface area contributed by atoms with Crippen LogP contribution in [0.3, 0.4) is 0 Å². The molecule has 1 aliphatic rings. The molecule has 1 aliphatic heterocycles. The van der Waals surface area contributed by atoms with Gasteiger partial charge in [-0.05, 0) is 29.5 Å². The molecule has 0 radical (unpaired) electrons. The maximum atomic E-state index is 6.51. The van der Waals surface area contributed by atoms with Crippen molar-refractivity contribution in [1.82, 2.24) is 0 Å². The van der Waals surface area contributed by atoms with Crippen LogP contribution >= 0.6 is 0 Å². The normalized spacial score (nSPS) is 18.1. The second-order valence-corrected chi connectivity index (χ2v) is 4.97. The van der Waals surface area contributed by atoms with Gasteiger partial charge in [-0.2, -0.15) is 0 Å². The maximum absolute atomic E-state index is 6.51. The summed E-state index contributed by atoms with van der Waals surface area (Å²) in [5.74, 6) is 1.48. The molecule has 2 N–H and O–H groups in total. The minimum absolute atomic E-state index is 0.211. The fourth-order valence-electron chi connectivity index (χ4n) is 2.42. The summed E-state index contributed by atoms with van der Waals surface area (Å²) < 4.78 is 5.52. The third-order valence-electron chi connectivity index (χ3n) is 3.84. The molecule has 0 saturated heterocycles. The van der Waals surface area contributed by atoms with Gasteiger partial charge in [-0.15, -0.1) is 0 Å². The highest BCUT2D eigenvalue weighted by atomic mass is 16.5. The van der Waals surface area contributed by atoms with Gasteiger partial charge in [-0.25, -0.2) is 0 Å². The van der Waals surface area contributed by atoms with Crippen molar-refractivity contribution in [2.24, 2.45) is 11.7 Å². The number of rotatable bonds is 3. The van der Waals surface area contributed by atoms with Gasteiger partial charge in [0.2, 0.25) is 0 Å². The van der Waals surface area contributed by atoms with E-state index in [1.807, 2.05) is 0 Å². The van der Waals surface area contributed by atoms with Crippen molar-refractivity contribution < 1.29 is 4.74 Å². The minimum atomic E-state index is -0.211. The van der Waals surface area contributed by atoms with Crippen molar-refractivity contribution in [2.45, 2.75) is 39.2 Å². The van der Waals surface area contributed by atoms with E-state index in [4.69, 9.17) is 10.5 Å². The maximum Gasteiger partial charge on any atom is 0.122 e. The van der Waals surface area contributed by atoms with Gasteiger partial charge in [0.05, 0.1) is 6.61 Å². The molecular weight excluding hydrogens is 198 g/mol. The summed E-state index contributed by atoms with van der Waals surface area (Å²) in [6.45, 7) is 7.34. The van der Waals surface area contributed by atoms with E-state index in [0.717, 1.165) is 25.2 Å². The van der Waals surface area contributed by atoms with Crippen LogP contribution in [0.1, 0.15) is 38.3 Å². The first-order valence-corrected chi connectivity index (χ1v) is 6.13. The topological polar surface area (TPSA) is 35.2 Å². The zero-order chi connectivity index (χ0) is 11.8. The summed E-state index contributed by atoms with van der Waals surface area (Å²) in [5.41, 5.74) is 8.86. The van der Waals surface area contributed by atoms with Gasteiger partial charge in [0, 0.05) is 12.0 Å². The number of fused-ring (bicyclic) bond motifs is 1. The van der Waals surface area contributed by atoms with E-state index >= 15 is 0 Å². The van der Waals surface area contributed by atoms with E-state index < -0.39 is 0 Å². The van der Waals surface area contributed by atoms with Gasteiger partial charge in [0.25, 0.3) is 0 Å². The molecule has 1 unspecified atom stereocenters. The smallest absolute Gasteiger partial charge is 0.122 e. The number of benzene rings is 1. The van der Waals surface area contributed by atoms with E-state index in [1.54, 1.807) is 0 Å². The molecule has 0 saturated carbocycles. The number of nitrogens with two attached hydrogens (primary N) is 1. The first kappa shape index (κ1) is 11.5. The number of hydrogen-bond acceptors (Lipinski definition) is 2. The van der Waals surface area contributed by atoms with Crippen molar-refractivity contribution in [3.05, 3.63) is 29.3 Å². The molecule has 1 atom stereocenters. The molecule has 0 fully saturated rings. The summed E-state index contributed by atoms with van der Waals surface area (Å²) >= 11 is 0. The average Bonchev–Trinajstić information content (AvgIpc) is 2.74. The molecule has 0 amide bonds. The lowest BCUT2D eigenvalue weighted by atomic mass is 9.78. The monoisotopic (exact) mass is 219 g/mol. The standard InChI is InChI=1S/C14H21NO/c1-4-14(15,10(2)3)12-5-6-13-11(9-12)7-8-16-13/h5-6,9-10H,4,7-8,15H2,1-3H3. The fourth-order valence-corrected chi connectivity index (χ4v) is 2.42. The molecule has 1 aromatic carbocycles. The van der Waals surface area contributed by atoms with Crippen LogP contribution in [0.4, 0.5) is 0 Å². The van der Waals surface area contributed by atoms with Crippen molar-refractivity contribution in [3.63, 3.8) is 0 Å². The second kappa shape index (κ2) is 4.10. The summed E-state index contributed by atoms with van der Waals surface area (Å²) in [6.07, 6.45) is 1.98. The third kappa shape index (κ3) is 1.71.